The first-order valence-electron chi connectivity index (χ1n) is 10.2. The number of hydrogen-bond acceptors (Lipinski definition) is 7. The highest BCUT2D eigenvalue weighted by atomic mass is 35.5. The Bertz CT molecular complexity index is 1330. The number of benzene rings is 3. The number of carbonyl (C=O) groups is 2. The number of rotatable bonds is 8. The zero-order valence-corrected chi connectivity index (χ0v) is 19.9. The Morgan fingerprint density at radius 2 is 1.54 bits per heavy atom. The molecular weight excluding hydrogens is 472 g/mol. The fourth-order valence-corrected chi connectivity index (χ4v) is 3.28. The van der Waals surface area contributed by atoms with Gasteiger partial charge in [-0.05, 0) is 48.0 Å². The number of methoxy groups -OCH3 is 3. The molecule has 1 N–H and O–H groups in total. The van der Waals surface area contributed by atoms with Crippen LogP contribution < -0.4 is 24.3 Å². The normalized spacial score (nSPS) is 10.7. The van der Waals surface area contributed by atoms with Crippen LogP contribution in [0, 0.1) is 11.3 Å². The molecule has 0 radical (unpaired) electrons. The van der Waals surface area contributed by atoms with E-state index in [2.05, 4.69) is 5.32 Å². The van der Waals surface area contributed by atoms with Crippen molar-refractivity contribution in [1.29, 1.82) is 5.26 Å². The lowest BCUT2D eigenvalue weighted by molar-refractivity contribution is -0.112. The van der Waals surface area contributed by atoms with Gasteiger partial charge in [0.05, 0.1) is 31.9 Å². The molecule has 178 valence electrons. The molecule has 0 aliphatic rings. The van der Waals surface area contributed by atoms with E-state index in [0.29, 0.717) is 22.7 Å². The van der Waals surface area contributed by atoms with Crippen LogP contribution in [0.1, 0.15) is 15.9 Å². The molecule has 0 aliphatic heterocycles. The maximum atomic E-state index is 12.7. The van der Waals surface area contributed by atoms with Crippen LogP contribution in [0.25, 0.3) is 6.08 Å². The van der Waals surface area contributed by atoms with E-state index in [0.717, 1.165) is 0 Å². The first-order chi connectivity index (χ1) is 16.9. The number of halogens is 1. The van der Waals surface area contributed by atoms with Crippen molar-refractivity contribution in [2.24, 2.45) is 0 Å². The lowest BCUT2D eigenvalue weighted by atomic mass is 10.1. The number of nitriles is 1. The summed E-state index contributed by atoms with van der Waals surface area (Å²) < 4.78 is 21.2. The number of hydrogen-bond donors (Lipinski definition) is 1. The van der Waals surface area contributed by atoms with Gasteiger partial charge in [0.15, 0.2) is 23.0 Å². The van der Waals surface area contributed by atoms with Gasteiger partial charge in [0.25, 0.3) is 5.91 Å². The topological polar surface area (TPSA) is 107 Å². The Balaban J connectivity index is 1.80. The average molecular weight is 493 g/mol. The van der Waals surface area contributed by atoms with Gasteiger partial charge in [0, 0.05) is 11.8 Å². The number of nitrogens with one attached hydrogen (secondary N) is 1. The molecule has 0 bridgehead atoms. The molecule has 0 spiro atoms. The fourth-order valence-electron chi connectivity index (χ4n) is 3.07. The summed E-state index contributed by atoms with van der Waals surface area (Å²) in [6.07, 6.45) is 1.39. The molecule has 0 heterocycles. The first kappa shape index (κ1) is 25.1. The van der Waals surface area contributed by atoms with Crippen LogP contribution in [0.3, 0.4) is 0 Å². The summed E-state index contributed by atoms with van der Waals surface area (Å²) in [6, 6.07) is 17.9. The van der Waals surface area contributed by atoms with Crippen molar-refractivity contribution in [1.82, 2.24) is 0 Å². The second-order valence-electron chi connectivity index (χ2n) is 6.97. The third-order valence-corrected chi connectivity index (χ3v) is 5.13. The zero-order chi connectivity index (χ0) is 25.4. The second-order valence-corrected chi connectivity index (χ2v) is 7.38. The van der Waals surface area contributed by atoms with Crippen molar-refractivity contribution in [3.05, 3.63) is 82.4 Å². The van der Waals surface area contributed by atoms with Crippen molar-refractivity contribution in [3.63, 3.8) is 0 Å². The maximum absolute atomic E-state index is 12.7. The highest BCUT2D eigenvalue weighted by Crippen LogP contribution is 2.31. The molecule has 0 saturated heterocycles. The van der Waals surface area contributed by atoms with Gasteiger partial charge in [0.2, 0.25) is 0 Å². The van der Waals surface area contributed by atoms with Crippen LogP contribution in [0.15, 0.2) is 66.2 Å². The molecule has 0 aromatic heterocycles. The monoisotopic (exact) mass is 492 g/mol. The van der Waals surface area contributed by atoms with Gasteiger partial charge >= 0.3 is 5.97 Å². The van der Waals surface area contributed by atoms with Crippen molar-refractivity contribution in [2.75, 3.05) is 26.6 Å². The van der Waals surface area contributed by atoms with Crippen LogP contribution in [0.2, 0.25) is 5.02 Å². The standard InChI is InChI=1S/C26H21ClN2O6/c1-32-21-11-9-18(14-24(21)34-3)29-25(30)17(15-28)12-16-8-10-22(23(13-16)33-2)35-26(31)19-6-4-5-7-20(19)27/h4-14H,1-3H3,(H,29,30)/b17-12+. The van der Waals surface area contributed by atoms with Gasteiger partial charge in [-0.3, -0.25) is 4.79 Å². The molecular formula is C26H21ClN2O6. The first-order valence-corrected chi connectivity index (χ1v) is 10.6. The fraction of sp³-hybridized carbons (Fsp3) is 0.115. The van der Waals surface area contributed by atoms with Crippen molar-refractivity contribution in [3.8, 4) is 29.1 Å². The van der Waals surface area contributed by atoms with Crippen LogP contribution in [-0.2, 0) is 4.79 Å². The molecule has 3 aromatic rings. The number of ether oxygens (including phenoxy) is 4. The molecule has 0 saturated carbocycles. The highest BCUT2D eigenvalue weighted by molar-refractivity contribution is 6.33. The summed E-state index contributed by atoms with van der Waals surface area (Å²) >= 11 is 6.06. The number of nitrogens with zero attached hydrogens (tertiary/aromatic N) is 1. The minimum absolute atomic E-state index is 0.150. The molecule has 35 heavy (non-hydrogen) atoms. The summed E-state index contributed by atoms with van der Waals surface area (Å²) in [5.74, 6) is 0.0557. The molecule has 0 fully saturated rings. The molecule has 0 unspecified atom stereocenters. The third-order valence-electron chi connectivity index (χ3n) is 4.80. The van der Waals surface area contributed by atoms with Gasteiger partial charge in [-0.25, -0.2) is 4.79 Å². The lowest BCUT2D eigenvalue weighted by Gasteiger charge is -2.11. The second kappa shape index (κ2) is 11.6. The molecule has 8 nitrogen and oxygen atoms in total. The van der Waals surface area contributed by atoms with E-state index in [9.17, 15) is 14.9 Å². The summed E-state index contributed by atoms with van der Waals surface area (Å²) in [7, 11) is 4.39. The summed E-state index contributed by atoms with van der Waals surface area (Å²) in [5.41, 5.74) is 0.966. The minimum atomic E-state index is -0.649. The molecule has 3 rings (SSSR count). The summed E-state index contributed by atoms with van der Waals surface area (Å²) in [5, 5.41) is 12.4. The van der Waals surface area contributed by atoms with E-state index in [-0.39, 0.29) is 27.7 Å². The van der Waals surface area contributed by atoms with Crippen molar-refractivity contribution >= 4 is 35.2 Å². The van der Waals surface area contributed by atoms with Gasteiger partial charge in [0.1, 0.15) is 11.6 Å². The predicted molar refractivity (Wildman–Crippen MR) is 131 cm³/mol. The maximum Gasteiger partial charge on any atom is 0.345 e. The molecule has 1 amide bonds. The number of anilines is 1. The quantitative estimate of drug-likeness (QED) is 0.201. The summed E-state index contributed by atoms with van der Waals surface area (Å²) in [4.78, 5) is 25.1. The average Bonchev–Trinajstić information content (AvgIpc) is 2.87. The molecule has 9 heteroatoms. The molecule has 0 atom stereocenters. The Morgan fingerprint density at radius 1 is 0.886 bits per heavy atom. The van der Waals surface area contributed by atoms with Gasteiger partial charge in [-0.2, -0.15) is 5.26 Å². The number of carbonyl (C=O) groups excluding carboxylic acids is 2. The van der Waals surface area contributed by atoms with Crippen molar-refractivity contribution in [2.45, 2.75) is 0 Å². The summed E-state index contributed by atoms with van der Waals surface area (Å²) in [6.45, 7) is 0. The molecule has 3 aromatic carbocycles. The van der Waals surface area contributed by atoms with Crippen LogP contribution in [-0.4, -0.2) is 33.2 Å². The van der Waals surface area contributed by atoms with Gasteiger partial charge in [-0.1, -0.05) is 29.8 Å². The SMILES string of the molecule is COc1ccc(NC(=O)/C(C#N)=C/c2ccc(OC(=O)c3ccccc3Cl)c(OC)c2)cc1OC. The number of amides is 1. The largest absolute Gasteiger partial charge is 0.493 e. The highest BCUT2D eigenvalue weighted by Gasteiger charge is 2.16. The van der Waals surface area contributed by atoms with Crippen LogP contribution in [0.4, 0.5) is 5.69 Å². The van der Waals surface area contributed by atoms with Gasteiger partial charge < -0.3 is 24.3 Å². The Kier molecular flexibility index (Phi) is 8.33. The van der Waals surface area contributed by atoms with E-state index in [4.69, 9.17) is 30.5 Å². The van der Waals surface area contributed by atoms with Gasteiger partial charge in [-0.15, -0.1) is 0 Å². The minimum Gasteiger partial charge on any atom is -0.493 e. The zero-order valence-electron chi connectivity index (χ0n) is 19.1. The van der Waals surface area contributed by atoms with E-state index in [1.807, 2.05) is 6.07 Å². The lowest BCUT2D eigenvalue weighted by Crippen LogP contribution is -2.13. The van der Waals surface area contributed by atoms with Crippen LogP contribution in [0.5, 0.6) is 23.0 Å². The Labute approximate surface area is 207 Å². The Hall–Kier alpha value is -4.48. The Morgan fingerprint density at radius 3 is 2.20 bits per heavy atom. The number of esters is 1. The predicted octanol–water partition coefficient (Wildman–Crippen LogP) is 5.13. The smallest absolute Gasteiger partial charge is 0.345 e. The third kappa shape index (κ3) is 6.10. The van der Waals surface area contributed by atoms with E-state index >= 15 is 0 Å². The molecule has 0 aliphatic carbocycles. The van der Waals surface area contributed by atoms with Crippen molar-refractivity contribution < 1.29 is 28.5 Å². The van der Waals surface area contributed by atoms with E-state index in [1.54, 1.807) is 48.5 Å². The van der Waals surface area contributed by atoms with Crippen LogP contribution >= 0.6 is 11.6 Å². The van der Waals surface area contributed by atoms with E-state index < -0.39 is 11.9 Å². The van der Waals surface area contributed by atoms with E-state index in [1.165, 1.54) is 39.5 Å².